The summed E-state index contributed by atoms with van der Waals surface area (Å²) in [4.78, 5) is 15.0. The van der Waals surface area contributed by atoms with Gasteiger partial charge in [-0.3, -0.25) is 4.79 Å². The fourth-order valence-electron chi connectivity index (χ4n) is 3.72. The molecule has 1 amide bonds. The van der Waals surface area contributed by atoms with Crippen LogP contribution in [0.25, 0.3) is 0 Å². The van der Waals surface area contributed by atoms with E-state index in [2.05, 4.69) is 28.0 Å². The molecule has 25 heavy (non-hydrogen) atoms. The van der Waals surface area contributed by atoms with Gasteiger partial charge in [-0.1, -0.05) is 37.1 Å². The van der Waals surface area contributed by atoms with Gasteiger partial charge in [0.05, 0.1) is 0 Å². The third kappa shape index (κ3) is 5.42. The highest BCUT2D eigenvalue weighted by Crippen LogP contribution is 2.24. The largest absolute Gasteiger partial charge is 0.354 e. The van der Waals surface area contributed by atoms with Crippen LogP contribution in [0.3, 0.4) is 0 Å². The minimum Gasteiger partial charge on any atom is -0.354 e. The predicted molar refractivity (Wildman–Crippen MR) is 101 cm³/mol. The number of carbonyl (C=O) groups excluding carboxylic acids is 1. The van der Waals surface area contributed by atoms with E-state index in [-0.39, 0.29) is 18.0 Å². The normalized spacial score (nSPS) is 25.7. The van der Waals surface area contributed by atoms with Gasteiger partial charge in [-0.2, -0.15) is 0 Å². The molecule has 2 heterocycles. The number of benzene rings is 1. The first-order valence-electron chi connectivity index (χ1n) is 9.38. The van der Waals surface area contributed by atoms with Crippen molar-refractivity contribution in [1.82, 2.24) is 21.1 Å². The maximum absolute atomic E-state index is 12.4. The van der Waals surface area contributed by atoms with E-state index in [1.165, 1.54) is 32.4 Å². The molecule has 0 spiro atoms. The number of hydrogen-bond donors (Lipinski definition) is 3. The van der Waals surface area contributed by atoms with Crippen LogP contribution in [0.1, 0.15) is 44.2 Å². The van der Waals surface area contributed by atoms with E-state index < -0.39 is 0 Å². The summed E-state index contributed by atoms with van der Waals surface area (Å²) >= 11 is 6.06. The van der Waals surface area contributed by atoms with Crippen molar-refractivity contribution in [1.29, 1.82) is 0 Å². The number of likely N-dealkylation sites (tertiary alicyclic amines) is 1. The van der Waals surface area contributed by atoms with Crippen molar-refractivity contribution in [3.63, 3.8) is 0 Å². The van der Waals surface area contributed by atoms with Crippen LogP contribution in [0.15, 0.2) is 24.3 Å². The molecule has 0 saturated carbocycles. The molecule has 2 fully saturated rings. The van der Waals surface area contributed by atoms with E-state index in [1.54, 1.807) is 0 Å². The standard InChI is InChI=1S/C19H29ClN4O/c1-14(13-24-8-3-2-4-9-24)12-21-19(25)18-11-17(22-23-18)15-6-5-7-16(20)10-15/h5-7,10,14,17-18,22-23H,2-4,8-9,11-13H2,1H3,(H,21,25). The molecule has 3 rings (SSSR count). The maximum Gasteiger partial charge on any atom is 0.238 e. The zero-order valence-corrected chi connectivity index (χ0v) is 15.7. The van der Waals surface area contributed by atoms with Crippen LogP contribution in [-0.4, -0.2) is 43.0 Å². The zero-order valence-electron chi connectivity index (χ0n) is 14.9. The first kappa shape index (κ1) is 18.6. The summed E-state index contributed by atoms with van der Waals surface area (Å²) in [6, 6.07) is 7.69. The zero-order chi connectivity index (χ0) is 17.6. The third-order valence-electron chi connectivity index (χ3n) is 5.11. The van der Waals surface area contributed by atoms with Crippen molar-refractivity contribution in [3.8, 4) is 0 Å². The summed E-state index contributed by atoms with van der Waals surface area (Å²) in [5.41, 5.74) is 7.43. The Labute approximate surface area is 155 Å². The highest BCUT2D eigenvalue weighted by atomic mass is 35.5. The van der Waals surface area contributed by atoms with Crippen LogP contribution in [0.4, 0.5) is 0 Å². The fraction of sp³-hybridized carbons (Fsp3) is 0.632. The number of nitrogens with one attached hydrogen (secondary N) is 3. The van der Waals surface area contributed by atoms with Crippen LogP contribution >= 0.6 is 11.6 Å². The Morgan fingerprint density at radius 2 is 2.12 bits per heavy atom. The molecule has 3 unspecified atom stereocenters. The van der Waals surface area contributed by atoms with Gasteiger partial charge in [-0.25, -0.2) is 10.9 Å². The molecule has 138 valence electrons. The van der Waals surface area contributed by atoms with Crippen molar-refractivity contribution in [2.75, 3.05) is 26.2 Å². The number of hydrogen-bond acceptors (Lipinski definition) is 4. The number of halogens is 1. The van der Waals surface area contributed by atoms with Crippen LogP contribution < -0.4 is 16.2 Å². The van der Waals surface area contributed by atoms with Crippen LogP contribution in [0, 0.1) is 5.92 Å². The number of hydrazine groups is 1. The Morgan fingerprint density at radius 3 is 2.88 bits per heavy atom. The smallest absolute Gasteiger partial charge is 0.238 e. The average Bonchev–Trinajstić information content (AvgIpc) is 3.11. The van der Waals surface area contributed by atoms with Crippen molar-refractivity contribution < 1.29 is 4.79 Å². The number of piperidine rings is 1. The monoisotopic (exact) mass is 364 g/mol. The predicted octanol–water partition coefficient (Wildman–Crippen LogP) is 2.49. The molecule has 3 atom stereocenters. The first-order valence-corrected chi connectivity index (χ1v) is 9.76. The number of amides is 1. The molecule has 0 aromatic heterocycles. The highest BCUT2D eigenvalue weighted by molar-refractivity contribution is 6.30. The molecular weight excluding hydrogens is 336 g/mol. The van der Waals surface area contributed by atoms with Gasteiger partial charge < -0.3 is 10.2 Å². The van der Waals surface area contributed by atoms with Gasteiger partial charge in [-0.05, 0) is 56.0 Å². The number of nitrogens with zero attached hydrogens (tertiary/aromatic N) is 1. The summed E-state index contributed by atoms with van der Waals surface area (Å²) in [6.07, 6.45) is 4.70. The Bertz CT molecular complexity index is 576. The van der Waals surface area contributed by atoms with Gasteiger partial charge in [0.25, 0.3) is 0 Å². The van der Waals surface area contributed by atoms with E-state index in [0.29, 0.717) is 5.92 Å². The summed E-state index contributed by atoms with van der Waals surface area (Å²) in [7, 11) is 0. The van der Waals surface area contributed by atoms with Crippen LogP contribution in [0.5, 0.6) is 0 Å². The molecule has 0 aliphatic carbocycles. The van der Waals surface area contributed by atoms with Crippen molar-refractivity contribution >= 4 is 17.5 Å². The summed E-state index contributed by atoms with van der Waals surface area (Å²) in [5, 5.41) is 3.82. The van der Waals surface area contributed by atoms with Crippen molar-refractivity contribution in [3.05, 3.63) is 34.9 Å². The Hall–Kier alpha value is -1.14. The second-order valence-corrected chi connectivity index (χ2v) is 7.83. The second-order valence-electron chi connectivity index (χ2n) is 7.40. The topological polar surface area (TPSA) is 56.4 Å². The Kier molecular flexibility index (Phi) is 6.70. The third-order valence-corrected chi connectivity index (χ3v) is 5.35. The van der Waals surface area contributed by atoms with Crippen LogP contribution in [0.2, 0.25) is 5.02 Å². The van der Waals surface area contributed by atoms with Gasteiger partial charge in [0.1, 0.15) is 6.04 Å². The molecule has 1 aromatic rings. The lowest BCUT2D eigenvalue weighted by Gasteiger charge is -2.29. The Morgan fingerprint density at radius 1 is 1.32 bits per heavy atom. The second kappa shape index (κ2) is 8.99. The van der Waals surface area contributed by atoms with Crippen molar-refractivity contribution in [2.24, 2.45) is 5.92 Å². The lowest BCUT2D eigenvalue weighted by molar-refractivity contribution is -0.123. The van der Waals surface area contributed by atoms with E-state index >= 15 is 0 Å². The summed E-state index contributed by atoms with van der Waals surface area (Å²) in [5.74, 6) is 0.544. The molecule has 5 nitrogen and oxygen atoms in total. The number of carbonyl (C=O) groups is 1. The molecule has 6 heteroatoms. The molecule has 1 aromatic carbocycles. The van der Waals surface area contributed by atoms with Gasteiger partial charge in [0.15, 0.2) is 0 Å². The highest BCUT2D eigenvalue weighted by Gasteiger charge is 2.30. The lowest BCUT2D eigenvalue weighted by Crippen LogP contribution is -2.45. The van der Waals surface area contributed by atoms with E-state index in [4.69, 9.17) is 11.6 Å². The minimum atomic E-state index is -0.203. The summed E-state index contributed by atoms with van der Waals surface area (Å²) in [6.45, 7) is 6.42. The van der Waals surface area contributed by atoms with Gasteiger partial charge in [0, 0.05) is 24.2 Å². The van der Waals surface area contributed by atoms with E-state index in [1.807, 2.05) is 24.3 Å². The van der Waals surface area contributed by atoms with Gasteiger partial charge >= 0.3 is 0 Å². The first-order chi connectivity index (χ1) is 12.1. The van der Waals surface area contributed by atoms with E-state index in [0.717, 1.165) is 30.1 Å². The minimum absolute atomic E-state index is 0.0718. The Balaban J connectivity index is 1.41. The molecule has 2 aliphatic heterocycles. The van der Waals surface area contributed by atoms with Crippen LogP contribution in [-0.2, 0) is 4.79 Å². The SMILES string of the molecule is CC(CNC(=O)C1CC(c2cccc(Cl)c2)NN1)CN1CCCCC1. The number of rotatable bonds is 6. The quantitative estimate of drug-likeness (QED) is 0.726. The van der Waals surface area contributed by atoms with E-state index in [9.17, 15) is 4.79 Å². The molecular formula is C19H29ClN4O. The fourth-order valence-corrected chi connectivity index (χ4v) is 3.91. The van der Waals surface area contributed by atoms with Gasteiger partial charge in [0.2, 0.25) is 5.91 Å². The molecule has 2 aliphatic rings. The van der Waals surface area contributed by atoms with Gasteiger partial charge in [-0.15, -0.1) is 0 Å². The lowest BCUT2D eigenvalue weighted by atomic mass is 10.0. The molecule has 0 bridgehead atoms. The molecule has 0 radical (unpaired) electrons. The molecule has 3 N–H and O–H groups in total. The average molecular weight is 365 g/mol. The molecule has 2 saturated heterocycles. The van der Waals surface area contributed by atoms with Crippen molar-refractivity contribution in [2.45, 2.75) is 44.7 Å². The summed E-state index contributed by atoms with van der Waals surface area (Å²) < 4.78 is 0. The maximum atomic E-state index is 12.4.